The first-order valence-corrected chi connectivity index (χ1v) is 7.18. The van der Waals surface area contributed by atoms with Crippen LogP contribution in [0, 0.1) is 0 Å². The number of aromatic nitrogens is 3. The van der Waals surface area contributed by atoms with E-state index < -0.39 is 0 Å². The Morgan fingerprint density at radius 1 is 0.905 bits per heavy atom. The zero-order valence-corrected chi connectivity index (χ0v) is 12.3. The van der Waals surface area contributed by atoms with E-state index in [2.05, 4.69) is 33.2 Å². The number of pyridine rings is 1. The quantitative estimate of drug-likeness (QED) is 0.497. The van der Waals surface area contributed by atoms with Gasteiger partial charge in [-0.05, 0) is 16.8 Å². The summed E-state index contributed by atoms with van der Waals surface area (Å²) in [7, 11) is 0. The van der Waals surface area contributed by atoms with Crippen molar-refractivity contribution in [3.05, 3.63) is 58.7 Å². The third-order valence-corrected chi connectivity index (χ3v) is 4.10. The molecule has 0 unspecified atom stereocenters. The number of fused-ring (bicyclic) bond motifs is 2. The molecule has 4 rings (SSSR count). The van der Waals surface area contributed by atoms with Gasteiger partial charge in [0.15, 0.2) is 5.65 Å². The smallest absolute Gasteiger partial charge is 0.179 e. The maximum absolute atomic E-state index is 6.00. The Bertz CT molecular complexity index is 932. The molecule has 21 heavy (non-hydrogen) atoms. The van der Waals surface area contributed by atoms with Gasteiger partial charge in [-0.15, -0.1) is 0 Å². The number of nitrogens with one attached hydrogen (secondary N) is 1. The van der Waals surface area contributed by atoms with Gasteiger partial charge in [0.05, 0.1) is 10.5 Å². The van der Waals surface area contributed by atoms with Crippen molar-refractivity contribution in [1.82, 2.24) is 15.0 Å². The highest BCUT2D eigenvalue weighted by molar-refractivity contribution is 6.41. The van der Waals surface area contributed by atoms with Crippen molar-refractivity contribution in [2.45, 2.75) is 0 Å². The van der Waals surface area contributed by atoms with Crippen LogP contribution in [-0.2, 0) is 0 Å². The molecule has 1 N–H and O–H groups in total. The van der Waals surface area contributed by atoms with E-state index in [4.69, 9.17) is 23.2 Å². The standard InChI is InChI=1S/C16H9Cl2N3/c17-12-8-13-16(20-14(12)18)21-15(19-13)11-7-3-5-9-4-1-2-6-10(9)11/h1-8H,(H,19,20,21). The average Bonchev–Trinajstić information content (AvgIpc) is 2.90. The van der Waals surface area contributed by atoms with Gasteiger partial charge in [-0.1, -0.05) is 65.7 Å². The van der Waals surface area contributed by atoms with Crippen LogP contribution in [0.15, 0.2) is 48.5 Å². The van der Waals surface area contributed by atoms with E-state index in [-0.39, 0.29) is 5.15 Å². The number of H-pyrrole nitrogens is 1. The summed E-state index contributed by atoms with van der Waals surface area (Å²) in [6.07, 6.45) is 0. The molecule has 0 saturated heterocycles. The Balaban J connectivity index is 2.00. The van der Waals surface area contributed by atoms with Crippen LogP contribution in [0.3, 0.4) is 0 Å². The molecule has 0 atom stereocenters. The Hall–Kier alpha value is -2.10. The van der Waals surface area contributed by atoms with Crippen molar-refractivity contribution < 1.29 is 0 Å². The maximum atomic E-state index is 6.00. The molecular weight excluding hydrogens is 305 g/mol. The van der Waals surface area contributed by atoms with Crippen LogP contribution >= 0.6 is 23.2 Å². The molecule has 5 heteroatoms. The topological polar surface area (TPSA) is 41.6 Å². The van der Waals surface area contributed by atoms with Crippen LogP contribution in [-0.4, -0.2) is 15.0 Å². The first kappa shape index (κ1) is 12.6. The lowest BCUT2D eigenvalue weighted by atomic mass is 10.0. The summed E-state index contributed by atoms with van der Waals surface area (Å²) < 4.78 is 0. The number of hydrogen-bond acceptors (Lipinski definition) is 2. The first-order valence-electron chi connectivity index (χ1n) is 6.42. The third kappa shape index (κ3) is 2.06. The first-order chi connectivity index (χ1) is 10.2. The zero-order chi connectivity index (χ0) is 14.4. The van der Waals surface area contributed by atoms with Gasteiger partial charge in [0.1, 0.15) is 11.0 Å². The minimum absolute atomic E-state index is 0.264. The molecule has 2 aromatic carbocycles. The van der Waals surface area contributed by atoms with E-state index in [1.807, 2.05) is 24.3 Å². The Kier molecular flexibility index (Phi) is 2.84. The molecule has 0 aliphatic heterocycles. The van der Waals surface area contributed by atoms with Crippen molar-refractivity contribution in [1.29, 1.82) is 0 Å². The molecule has 0 saturated carbocycles. The largest absolute Gasteiger partial charge is 0.337 e. The van der Waals surface area contributed by atoms with Gasteiger partial charge in [0.25, 0.3) is 0 Å². The highest BCUT2D eigenvalue weighted by atomic mass is 35.5. The van der Waals surface area contributed by atoms with E-state index in [0.717, 1.165) is 22.3 Å². The van der Waals surface area contributed by atoms with E-state index in [9.17, 15) is 0 Å². The van der Waals surface area contributed by atoms with Crippen molar-refractivity contribution in [2.24, 2.45) is 0 Å². The molecule has 102 valence electrons. The highest BCUT2D eigenvalue weighted by Gasteiger charge is 2.11. The van der Waals surface area contributed by atoms with Crippen LogP contribution < -0.4 is 0 Å². The summed E-state index contributed by atoms with van der Waals surface area (Å²) in [6, 6.07) is 16.0. The van der Waals surface area contributed by atoms with Crippen molar-refractivity contribution in [2.75, 3.05) is 0 Å². The summed E-state index contributed by atoms with van der Waals surface area (Å²) >= 11 is 11.9. The summed E-state index contributed by atoms with van der Waals surface area (Å²) in [5, 5.41) is 2.98. The second-order valence-electron chi connectivity index (χ2n) is 4.74. The van der Waals surface area contributed by atoms with Gasteiger partial charge in [-0.25, -0.2) is 9.97 Å². The number of imidazole rings is 1. The summed E-state index contributed by atoms with van der Waals surface area (Å²) in [4.78, 5) is 12.0. The molecular formula is C16H9Cl2N3. The van der Waals surface area contributed by atoms with E-state index in [1.54, 1.807) is 6.07 Å². The molecule has 0 bridgehead atoms. The normalized spacial score (nSPS) is 11.3. The number of rotatable bonds is 1. The molecule has 4 aromatic rings. The van der Waals surface area contributed by atoms with Crippen LogP contribution in [0.25, 0.3) is 33.3 Å². The molecule has 2 heterocycles. The predicted octanol–water partition coefficient (Wildman–Crippen LogP) is 5.08. The predicted molar refractivity (Wildman–Crippen MR) is 86.9 cm³/mol. The average molecular weight is 314 g/mol. The lowest BCUT2D eigenvalue weighted by Gasteiger charge is -2.02. The van der Waals surface area contributed by atoms with Gasteiger partial charge in [-0.2, -0.15) is 0 Å². The molecule has 0 radical (unpaired) electrons. The van der Waals surface area contributed by atoms with Gasteiger partial charge >= 0.3 is 0 Å². The summed E-state index contributed by atoms with van der Waals surface area (Å²) in [5.74, 6) is 0.757. The van der Waals surface area contributed by atoms with Crippen LogP contribution in [0.1, 0.15) is 0 Å². The molecule has 2 aromatic heterocycles. The van der Waals surface area contributed by atoms with Crippen LogP contribution in [0.4, 0.5) is 0 Å². The zero-order valence-electron chi connectivity index (χ0n) is 10.8. The lowest BCUT2D eigenvalue weighted by Crippen LogP contribution is -1.83. The minimum Gasteiger partial charge on any atom is -0.337 e. The Morgan fingerprint density at radius 2 is 1.71 bits per heavy atom. The fraction of sp³-hybridized carbons (Fsp3) is 0. The van der Waals surface area contributed by atoms with E-state index >= 15 is 0 Å². The monoisotopic (exact) mass is 313 g/mol. The second-order valence-corrected chi connectivity index (χ2v) is 5.51. The lowest BCUT2D eigenvalue weighted by molar-refractivity contribution is 1.31. The molecule has 0 fully saturated rings. The molecule has 0 spiro atoms. The Labute approximate surface area is 130 Å². The Morgan fingerprint density at radius 3 is 2.62 bits per heavy atom. The fourth-order valence-electron chi connectivity index (χ4n) is 2.46. The number of nitrogens with zero attached hydrogens (tertiary/aromatic N) is 2. The maximum Gasteiger partial charge on any atom is 0.179 e. The highest BCUT2D eigenvalue weighted by Crippen LogP contribution is 2.29. The minimum atomic E-state index is 0.264. The number of halogens is 2. The van der Waals surface area contributed by atoms with Crippen molar-refractivity contribution in [3.8, 4) is 11.4 Å². The number of benzene rings is 2. The van der Waals surface area contributed by atoms with Crippen LogP contribution in [0.2, 0.25) is 10.2 Å². The molecule has 0 aliphatic carbocycles. The van der Waals surface area contributed by atoms with Gasteiger partial charge in [0.2, 0.25) is 0 Å². The fourth-order valence-corrected chi connectivity index (χ4v) is 2.74. The van der Waals surface area contributed by atoms with Gasteiger partial charge < -0.3 is 4.98 Å². The van der Waals surface area contributed by atoms with Crippen molar-refractivity contribution in [3.63, 3.8) is 0 Å². The van der Waals surface area contributed by atoms with E-state index in [0.29, 0.717) is 10.7 Å². The van der Waals surface area contributed by atoms with Crippen molar-refractivity contribution >= 4 is 45.1 Å². The summed E-state index contributed by atoms with van der Waals surface area (Å²) in [5.41, 5.74) is 2.36. The molecule has 3 nitrogen and oxygen atoms in total. The summed E-state index contributed by atoms with van der Waals surface area (Å²) in [6.45, 7) is 0. The van der Waals surface area contributed by atoms with E-state index in [1.165, 1.54) is 5.39 Å². The SMILES string of the molecule is Clc1cc2[nH]c(-c3cccc4ccccc34)nc2nc1Cl. The number of aromatic amines is 1. The third-order valence-electron chi connectivity index (χ3n) is 3.43. The van der Waals surface area contributed by atoms with Gasteiger partial charge in [-0.3, -0.25) is 0 Å². The second kappa shape index (κ2) is 4.72. The van der Waals surface area contributed by atoms with Gasteiger partial charge in [0, 0.05) is 5.56 Å². The van der Waals surface area contributed by atoms with Crippen LogP contribution in [0.5, 0.6) is 0 Å². The number of hydrogen-bond donors (Lipinski definition) is 1. The molecule has 0 aliphatic rings. The molecule has 0 amide bonds.